The third-order valence-corrected chi connectivity index (χ3v) is 2.61. The lowest BCUT2D eigenvalue weighted by Crippen LogP contribution is -2.35. The van der Waals surface area contributed by atoms with Gasteiger partial charge in [-0.2, -0.15) is 5.26 Å². The summed E-state index contributed by atoms with van der Waals surface area (Å²) in [4.78, 5) is 0. The normalized spacial score (nSPS) is 10.9. The first-order chi connectivity index (χ1) is 9.46. The highest BCUT2D eigenvalue weighted by atomic mass is 16.5. The number of ether oxygens (including phenoxy) is 2. The second-order valence-corrected chi connectivity index (χ2v) is 5.67. The summed E-state index contributed by atoms with van der Waals surface area (Å²) in [6.07, 6.45) is 0.960. The summed E-state index contributed by atoms with van der Waals surface area (Å²) >= 11 is 0. The highest BCUT2D eigenvalue weighted by Crippen LogP contribution is 2.25. The number of nitrogens with zero attached hydrogens (tertiary/aromatic N) is 1. The van der Waals surface area contributed by atoms with Crippen LogP contribution in [-0.2, 0) is 6.54 Å². The van der Waals surface area contributed by atoms with Crippen LogP contribution in [-0.4, -0.2) is 18.8 Å². The third kappa shape index (κ3) is 5.94. The fraction of sp³-hybridized carbons (Fsp3) is 0.562. The molecule has 0 atom stereocenters. The summed E-state index contributed by atoms with van der Waals surface area (Å²) in [7, 11) is 0. The molecule has 0 bridgehead atoms. The van der Waals surface area contributed by atoms with Gasteiger partial charge < -0.3 is 14.8 Å². The minimum Gasteiger partial charge on any atom is -0.493 e. The molecule has 0 radical (unpaired) electrons. The van der Waals surface area contributed by atoms with Crippen molar-refractivity contribution in [2.75, 3.05) is 13.2 Å². The topological polar surface area (TPSA) is 54.3 Å². The van der Waals surface area contributed by atoms with Gasteiger partial charge in [-0.25, -0.2) is 0 Å². The molecular formula is C16H24N2O2. The first kappa shape index (κ1) is 16.3. The highest BCUT2D eigenvalue weighted by Gasteiger charge is 2.12. The van der Waals surface area contributed by atoms with Crippen molar-refractivity contribution in [3.63, 3.8) is 0 Å². The van der Waals surface area contributed by atoms with Crippen molar-refractivity contribution in [3.05, 3.63) is 23.8 Å². The number of benzene rings is 1. The molecule has 1 N–H and O–H groups in total. The first-order valence-corrected chi connectivity index (χ1v) is 6.97. The Kier molecular flexibility index (Phi) is 6.33. The smallest absolute Gasteiger partial charge is 0.174 e. The standard InChI is InChI=1S/C16H24N2O2/c1-5-9-19-14-7-6-13(12-18-16(2,3)4)15(11-14)20-10-8-17/h6-7,11,18H,5,9-10,12H2,1-4H3. The monoisotopic (exact) mass is 276 g/mol. The molecule has 1 aromatic rings. The van der Waals surface area contributed by atoms with E-state index in [-0.39, 0.29) is 12.1 Å². The Hall–Kier alpha value is -1.73. The number of nitriles is 1. The summed E-state index contributed by atoms with van der Waals surface area (Å²) in [5.74, 6) is 1.48. The fourth-order valence-electron chi connectivity index (χ4n) is 1.60. The largest absolute Gasteiger partial charge is 0.493 e. The molecule has 0 fully saturated rings. The van der Waals surface area contributed by atoms with E-state index in [1.54, 1.807) is 0 Å². The molecule has 0 spiro atoms. The van der Waals surface area contributed by atoms with Crippen LogP contribution in [0, 0.1) is 11.3 Å². The van der Waals surface area contributed by atoms with Crippen molar-refractivity contribution < 1.29 is 9.47 Å². The van der Waals surface area contributed by atoms with Crippen molar-refractivity contribution in [2.24, 2.45) is 0 Å². The van der Waals surface area contributed by atoms with E-state index in [1.807, 2.05) is 24.3 Å². The van der Waals surface area contributed by atoms with E-state index < -0.39 is 0 Å². The maximum absolute atomic E-state index is 8.67. The molecule has 0 aromatic heterocycles. The molecule has 0 aliphatic carbocycles. The summed E-state index contributed by atoms with van der Waals surface area (Å²) < 4.78 is 11.1. The van der Waals surface area contributed by atoms with E-state index in [1.165, 1.54) is 0 Å². The van der Waals surface area contributed by atoms with Gasteiger partial charge in [-0.3, -0.25) is 0 Å². The Morgan fingerprint density at radius 1 is 1.25 bits per heavy atom. The predicted octanol–water partition coefficient (Wildman–Crippen LogP) is 3.27. The van der Waals surface area contributed by atoms with Crippen LogP contribution >= 0.6 is 0 Å². The number of nitrogens with one attached hydrogen (secondary N) is 1. The van der Waals surface area contributed by atoms with Gasteiger partial charge in [0, 0.05) is 23.7 Å². The zero-order valence-electron chi connectivity index (χ0n) is 12.8. The summed E-state index contributed by atoms with van der Waals surface area (Å²) in [5.41, 5.74) is 1.06. The molecule has 0 amide bonds. The van der Waals surface area contributed by atoms with Crippen LogP contribution in [0.5, 0.6) is 11.5 Å². The zero-order chi connectivity index (χ0) is 15.0. The summed E-state index contributed by atoms with van der Waals surface area (Å²) in [5, 5.41) is 12.1. The Bertz CT molecular complexity index is 459. The third-order valence-electron chi connectivity index (χ3n) is 2.61. The highest BCUT2D eigenvalue weighted by molar-refractivity contribution is 5.41. The molecule has 110 valence electrons. The van der Waals surface area contributed by atoms with Crippen molar-refractivity contribution in [3.8, 4) is 17.6 Å². The van der Waals surface area contributed by atoms with E-state index in [2.05, 4.69) is 33.0 Å². The minimum atomic E-state index is 0.0316. The molecule has 20 heavy (non-hydrogen) atoms. The lowest BCUT2D eigenvalue weighted by molar-refractivity contribution is 0.311. The van der Waals surface area contributed by atoms with Crippen LogP contribution in [0.1, 0.15) is 39.7 Å². The van der Waals surface area contributed by atoms with Crippen LogP contribution in [0.2, 0.25) is 0 Å². The van der Waals surface area contributed by atoms with Gasteiger partial charge in [0.05, 0.1) is 6.61 Å². The predicted molar refractivity (Wildman–Crippen MR) is 79.9 cm³/mol. The van der Waals surface area contributed by atoms with E-state index in [0.717, 1.165) is 17.7 Å². The lowest BCUT2D eigenvalue weighted by Gasteiger charge is -2.21. The molecule has 4 nitrogen and oxygen atoms in total. The SMILES string of the molecule is CCCOc1ccc(CNC(C)(C)C)c(OCC#N)c1. The summed E-state index contributed by atoms with van der Waals surface area (Å²) in [6.45, 7) is 9.81. The molecule has 0 aliphatic rings. The second-order valence-electron chi connectivity index (χ2n) is 5.67. The Labute approximate surface area is 121 Å². The van der Waals surface area contributed by atoms with Crippen molar-refractivity contribution in [1.29, 1.82) is 5.26 Å². The van der Waals surface area contributed by atoms with Gasteiger partial charge >= 0.3 is 0 Å². The van der Waals surface area contributed by atoms with Gasteiger partial charge in [-0.15, -0.1) is 0 Å². The maximum atomic E-state index is 8.67. The first-order valence-electron chi connectivity index (χ1n) is 6.97. The molecule has 0 saturated carbocycles. The Morgan fingerprint density at radius 3 is 2.60 bits per heavy atom. The van der Waals surface area contributed by atoms with E-state index in [9.17, 15) is 0 Å². The maximum Gasteiger partial charge on any atom is 0.174 e. The summed E-state index contributed by atoms with van der Waals surface area (Å²) in [6, 6.07) is 7.77. The molecule has 0 unspecified atom stereocenters. The van der Waals surface area contributed by atoms with E-state index in [0.29, 0.717) is 18.9 Å². The van der Waals surface area contributed by atoms with Crippen molar-refractivity contribution >= 4 is 0 Å². The Morgan fingerprint density at radius 2 is 2.00 bits per heavy atom. The second kappa shape index (κ2) is 7.76. The van der Waals surface area contributed by atoms with Crippen LogP contribution in [0.15, 0.2) is 18.2 Å². The van der Waals surface area contributed by atoms with Crippen LogP contribution in [0.25, 0.3) is 0 Å². The van der Waals surface area contributed by atoms with Gasteiger partial charge in [0.2, 0.25) is 0 Å². The van der Waals surface area contributed by atoms with Gasteiger partial charge in [0.1, 0.15) is 17.6 Å². The molecule has 0 heterocycles. The van der Waals surface area contributed by atoms with Gasteiger partial charge in [-0.05, 0) is 33.3 Å². The molecule has 0 saturated heterocycles. The molecule has 1 rings (SSSR count). The molecular weight excluding hydrogens is 252 g/mol. The van der Waals surface area contributed by atoms with Crippen LogP contribution < -0.4 is 14.8 Å². The van der Waals surface area contributed by atoms with Crippen molar-refractivity contribution in [2.45, 2.75) is 46.2 Å². The number of hydrogen-bond donors (Lipinski definition) is 1. The van der Waals surface area contributed by atoms with E-state index in [4.69, 9.17) is 14.7 Å². The van der Waals surface area contributed by atoms with Crippen LogP contribution in [0.4, 0.5) is 0 Å². The van der Waals surface area contributed by atoms with Gasteiger partial charge in [-0.1, -0.05) is 13.0 Å². The minimum absolute atomic E-state index is 0.0316. The zero-order valence-corrected chi connectivity index (χ0v) is 12.8. The van der Waals surface area contributed by atoms with Gasteiger partial charge in [0.25, 0.3) is 0 Å². The molecule has 0 aliphatic heterocycles. The molecule has 4 heteroatoms. The number of rotatable bonds is 7. The van der Waals surface area contributed by atoms with E-state index >= 15 is 0 Å². The average Bonchev–Trinajstić information content (AvgIpc) is 2.40. The lowest BCUT2D eigenvalue weighted by atomic mass is 10.1. The molecule has 1 aromatic carbocycles. The van der Waals surface area contributed by atoms with Gasteiger partial charge in [0.15, 0.2) is 6.61 Å². The Balaban J connectivity index is 2.83. The fourth-order valence-corrected chi connectivity index (χ4v) is 1.60. The quantitative estimate of drug-likeness (QED) is 0.830. The van der Waals surface area contributed by atoms with Crippen molar-refractivity contribution in [1.82, 2.24) is 5.32 Å². The van der Waals surface area contributed by atoms with Crippen LogP contribution in [0.3, 0.4) is 0 Å². The number of hydrogen-bond acceptors (Lipinski definition) is 4. The average molecular weight is 276 g/mol.